The normalized spacial score (nSPS) is 17.8. The molecule has 2 aromatic heterocycles. The Balaban J connectivity index is 1.98. The summed E-state index contributed by atoms with van der Waals surface area (Å²) in [5.41, 5.74) is 0.360. The summed E-state index contributed by atoms with van der Waals surface area (Å²) >= 11 is 3.34. The highest BCUT2D eigenvalue weighted by molar-refractivity contribution is 9.10. The van der Waals surface area contributed by atoms with Crippen LogP contribution >= 0.6 is 15.9 Å². The van der Waals surface area contributed by atoms with Gasteiger partial charge in [0, 0.05) is 25.4 Å². The maximum absolute atomic E-state index is 4.31. The Hall–Kier alpha value is -1.30. The molecule has 3 heterocycles. The van der Waals surface area contributed by atoms with Gasteiger partial charge in [0.15, 0.2) is 5.82 Å². The third-order valence-corrected chi connectivity index (χ3v) is 4.09. The summed E-state index contributed by atoms with van der Waals surface area (Å²) in [4.78, 5) is 8.63. The van der Waals surface area contributed by atoms with Gasteiger partial charge in [-0.25, -0.2) is 9.97 Å². The number of hydrogen-bond donors (Lipinski definition) is 0. The molecule has 0 aromatic carbocycles. The first kappa shape index (κ1) is 12.7. The van der Waals surface area contributed by atoms with E-state index in [0.717, 1.165) is 41.9 Å². The van der Waals surface area contributed by atoms with E-state index in [9.17, 15) is 0 Å². The molecule has 0 aliphatic carbocycles. The minimum absolute atomic E-state index is 0.360. The minimum atomic E-state index is 0.360. The standard InChI is InChI=1S/C13H16BrN5/c1-13(2)4-3-10-17-18-12(19(10)6-5-13)11-15-7-9(14)8-16-11/h7-8H,3-6H2,1-2H3. The number of fused-ring (bicyclic) bond motifs is 1. The molecule has 0 spiro atoms. The van der Waals surface area contributed by atoms with Crippen molar-refractivity contribution in [2.75, 3.05) is 0 Å². The summed E-state index contributed by atoms with van der Waals surface area (Å²) in [6.07, 6.45) is 6.72. The van der Waals surface area contributed by atoms with Crippen molar-refractivity contribution in [1.82, 2.24) is 24.7 Å². The second kappa shape index (κ2) is 4.67. The third kappa shape index (κ3) is 2.54. The molecule has 0 saturated heterocycles. The van der Waals surface area contributed by atoms with Crippen molar-refractivity contribution in [3.63, 3.8) is 0 Å². The monoisotopic (exact) mass is 321 g/mol. The van der Waals surface area contributed by atoms with Crippen LogP contribution in [0.2, 0.25) is 0 Å². The first-order chi connectivity index (χ1) is 9.05. The van der Waals surface area contributed by atoms with Crippen molar-refractivity contribution in [1.29, 1.82) is 0 Å². The zero-order valence-electron chi connectivity index (χ0n) is 11.1. The van der Waals surface area contributed by atoms with Crippen molar-refractivity contribution >= 4 is 15.9 Å². The average molecular weight is 322 g/mol. The Morgan fingerprint density at radius 1 is 1.16 bits per heavy atom. The number of aromatic nitrogens is 5. The minimum Gasteiger partial charge on any atom is -0.308 e. The van der Waals surface area contributed by atoms with Crippen LogP contribution in [0.3, 0.4) is 0 Å². The fourth-order valence-electron chi connectivity index (χ4n) is 2.34. The van der Waals surface area contributed by atoms with E-state index in [2.05, 4.69) is 54.5 Å². The molecule has 0 amide bonds. The van der Waals surface area contributed by atoms with E-state index in [1.807, 2.05) is 0 Å². The van der Waals surface area contributed by atoms with Crippen LogP contribution in [0.5, 0.6) is 0 Å². The molecule has 6 heteroatoms. The lowest BCUT2D eigenvalue weighted by Crippen LogP contribution is -2.12. The van der Waals surface area contributed by atoms with Crippen molar-refractivity contribution in [3.8, 4) is 11.6 Å². The van der Waals surface area contributed by atoms with Crippen LogP contribution in [0.4, 0.5) is 0 Å². The molecule has 0 atom stereocenters. The van der Waals surface area contributed by atoms with Crippen LogP contribution < -0.4 is 0 Å². The van der Waals surface area contributed by atoms with E-state index in [4.69, 9.17) is 0 Å². The summed E-state index contributed by atoms with van der Waals surface area (Å²) in [5, 5.41) is 8.56. The van der Waals surface area contributed by atoms with Gasteiger partial charge in [-0.2, -0.15) is 0 Å². The highest BCUT2D eigenvalue weighted by atomic mass is 79.9. The second-order valence-electron chi connectivity index (χ2n) is 5.73. The molecule has 0 bridgehead atoms. The largest absolute Gasteiger partial charge is 0.308 e. The highest BCUT2D eigenvalue weighted by Crippen LogP contribution is 2.32. The molecule has 0 fully saturated rings. The lowest BCUT2D eigenvalue weighted by molar-refractivity contribution is 0.307. The van der Waals surface area contributed by atoms with Gasteiger partial charge in [0.05, 0.1) is 4.47 Å². The van der Waals surface area contributed by atoms with Crippen molar-refractivity contribution < 1.29 is 0 Å². The maximum Gasteiger partial charge on any atom is 0.201 e. The number of nitrogens with zero attached hydrogens (tertiary/aromatic N) is 5. The lowest BCUT2D eigenvalue weighted by Gasteiger charge is -2.21. The van der Waals surface area contributed by atoms with Gasteiger partial charge in [0.1, 0.15) is 5.82 Å². The molecular formula is C13H16BrN5. The second-order valence-corrected chi connectivity index (χ2v) is 6.65. The fraction of sp³-hybridized carbons (Fsp3) is 0.538. The van der Waals surface area contributed by atoms with Gasteiger partial charge in [-0.15, -0.1) is 10.2 Å². The fourth-order valence-corrected chi connectivity index (χ4v) is 2.54. The molecule has 1 aliphatic rings. The number of halogens is 1. The number of aryl methyl sites for hydroxylation is 1. The van der Waals surface area contributed by atoms with Gasteiger partial charge in [0.25, 0.3) is 0 Å². The van der Waals surface area contributed by atoms with E-state index in [1.165, 1.54) is 0 Å². The average Bonchev–Trinajstić information content (AvgIpc) is 2.72. The molecule has 100 valence electrons. The molecule has 2 aromatic rings. The van der Waals surface area contributed by atoms with Crippen LogP contribution in [0.15, 0.2) is 16.9 Å². The molecule has 0 unspecified atom stereocenters. The molecule has 1 aliphatic heterocycles. The van der Waals surface area contributed by atoms with Crippen LogP contribution in [-0.4, -0.2) is 24.7 Å². The van der Waals surface area contributed by atoms with E-state index in [-0.39, 0.29) is 0 Å². The Kier molecular flexibility index (Phi) is 3.12. The summed E-state index contributed by atoms with van der Waals surface area (Å²) < 4.78 is 3.03. The predicted octanol–water partition coefficient (Wildman–Crippen LogP) is 2.86. The molecule has 0 radical (unpaired) electrons. The van der Waals surface area contributed by atoms with Crippen LogP contribution in [0.1, 0.15) is 32.5 Å². The number of rotatable bonds is 1. The number of hydrogen-bond acceptors (Lipinski definition) is 4. The molecule has 19 heavy (non-hydrogen) atoms. The molecule has 3 rings (SSSR count). The first-order valence-electron chi connectivity index (χ1n) is 6.45. The van der Waals surface area contributed by atoms with E-state index >= 15 is 0 Å². The summed E-state index contributed by atoms with van der Waals surface area (Å²) in [7, 11) is 0. The highest BCUT2D eigenvalue weighted by Gasteiger charge is 2.26. The maximum atomic E-state index is 4.31. The molecular weight excluding hydrogens is 306 g/mol. The third-order valence-electron chi connectivity index (χ3n) is 3.69. The Labute approximate surface area is 120 Å². The van der Waals surface area contributed by atoms with Gasteiger partial charge in [-0.05, 0) is 34.2 Å². The quantitative estimate of drug-likeness (QED) is 0.810. The summed E-state index contributed by atoms with van der Waals surface area (Å²) in [5.74, 6) is 2.47. The Morgan fingerprint density at radius 3 is 2.63 bits per heavy atom. The molecule has 5 nitrogen and oxygen atoms in total. The van der Waals surface area contributed by atoms with Crippen molar-refractivity contribution in [3.05, 3.63) is 22.7 Å². The summed E-state index contributed by atoms with van der Waals surface area (Å²) in [6, 6.07) is 0. The van der Waals surface area contributed by atoms with Crippen molar-refractivity contribution in [2.45, 2.75) is 39.7 Å². The predicted molar refractivity (Wildman–Crippen MR) is 75.5 cm³/mol. The van der Waals surface area contributed by atoms with Gasteiger partial charge < -0.3 is 4.57 Å². The Bertz CT molecular complexity index is 588. The van der Waals surface area contributed by atoms with E-state index < -0.39 is 0 Å². The van der Waals surface area contributed by atoms with Gasteiger partial charge in [-0.1, -0.05) is 13.8 Å². The topological polar surface area (TPSA) is 56.5 Å². The first-order valence-corrected chi connectivity index (χ1v) is 7.24. The smallest absolute Gasteiger partial charge is 0.201 e. The van der Waals surface area contributed by atoms with Crippen LogP contribution in [-0.2, 0) is 13.0 Å². The van der Waals surface area contributed by atoms with E-state index in [0.29, 0.717) is 11.2 Å². The Morgan fingerprint density at radius 2 is 1.89 bits per heavy atom. The molecule has 0 N–H and O–H groups in total. The van der Waals surface area contributed by atoms with Gasteiger partial charge in [0.2, 0.25) is 5.82 Å². The van der Waals surface area contributed by atoms with Crippen LogP contribution in [0.25, 0.3) is 11.6 Å². The van der Waals surface area contributed by atoms with Crippen molar-refractivity contribution in [2.24, 2.45) is 5.41 Å². The zero-order valence-corrected chi connectivity index (χ0v) is 12.7. The van der Waals surface area contributed by atoms with E-state index in [1.54, 1.807) is 12.4 Å². The summed E-state index contributed by atoms with van der Waals surface area (Å²) in [6.45, 7) is 5.55. The SMILES string of the molecule is CC1(C)CCc2nnc(-c3ncc(Br)cn3)n2CC1. The lowest BCUT2D eigenvalue weighted by atomic mass is 9.85. The zero-order chi connectivity index (χ0) is 13.5. The van der Waals surface area contributed by atoms with Crippen LogP contribution in [0, 0.1) is 5.41 Å². The van der Waals surface area contributed by atoms with Gasteiger partial charge >= 0.3 is 0 Å². The molecule has 0 saturated carbocycles. The van der Waals surface area contributed by atoms with Gasteiger partial charge in [-0.3, -0.25) is 0 Å².